The second-order valence-electron chi connectivity index (χ2n) is 6.20. The van der Waals surface area contributed by atoms with Gasteiger partial charge in [0.15, 0.2) is 0 Å². The Morgan fingerprint density at radius 2 is 1.93 bits per heavy atom. The highest BCUT2D eigenvalue weighted by Gasteiger charge is 2.41. The second-order valence-corrected chi connectivity index (χ2v) is 9.14. The highest BCUT2D eigenvalue weighted by molar-refractivity contribution is 7.98. The Morgan fingerprint density at radius 3 is 2.67 bits per heavy atom. The molecular formula is C19H20N2O4S2. The van der Waals surface area contributed by atoms with E-state index >= 15 is 0 Å². The Balaban J connectivity index is 1.47. The minimum Gasteiger partial charge on any atom is -0.354 e. The predicted molar refractivity (Wildman–Crippen MR) is 105 cm³/mol. The molecule has 6 nitrogen and oxygen atoms in total. The van der Waals surface area contributed by atoms with E-state index in [9.17, 15) is 18.0 Å². The molecule has 1 aliphatic rings. The van der Waals surface area contributed by atoms with Gasteiger partial charge >= 0.3 is 0 Å². The van der Waals surface area contributed by atoms with E-state index < -0.39 is 28.4 Å². The molecule has 8 heteroatoms. The van der Waals surface area contributed by atoms with Gasteiger partial charge in [-0.05, 0) is 24.6 Å². The molecular weight excluding hydrogens is 384 g/mol. The number of rotatable bonds is 7. The summed E-state index contributed by atoms with van der Waals surface area (Å²) in [5, 5.41) is 2.67. The van der Waals surface area contributed by atoms with Gasteiger partial charge in [-0.1, -0.05) is 42.0 Å². The van der Waals surface area contributed by atoms with Gasteiger partial charge in [-0.2, -0.15) is 11.8 Å². The largest absolute Gasteiger partial charge is 0.354 e. The molecule has 0 saturated carbocycles. The monoisotopic (exact) mass is 404 g/mol. The van der Waals surface area contributed by atoms with E-state index in [2.05, 4.69) is 17.4 Å². The molecule has 1 aliphatic heterocycles. The number of carbonyl (C=O) groups is 2. The van der Waals surface area contributed by atoms with Crippen molar-refractivity contribution in [3.63, 3.8) is 0 Å². The van der Waals surface area contributed by atoms with Crippen LogP contribution in [0.2, 0.25) is 0 Å². The molecule has 0 bridgehead atoms. The number of thioether (sulfide) groups is 1. The fourth-order valence-corrected chi connectivity index (χ4v) is 5.16. The summed E-state index contributed by atoms with van der Waals surface area (Å²) in [7, 11) is -3.95. The zero-order chi connectivity index (χ0) is 19.4. The maximum atomic E-state index is 12.4. The predicted octanol–water partition coefficient (Wildman–Crippen LogP) is 2.19. The highest BCUT2D eigenvalue weighted by Crippen LogP contribution is 2.29. The quantitative estimate of drug-likeness (QED) is 0.715. The van der Waals surface area contributed by atoms with Crippen molar-refractivity contribution in [3.8, 4) is 0 Å². The molecule has 142 valence electrons. The standard InChI is InChI=1S/C19H20N2O4S2/c1-14-5-4-6-15(11-14)13-26-10-9-20-18(22)12-21-19(23)16-7-2-3-8-17(16)27(21,24)25/h2-8,11H,9-10,12-13H2,1H3,(H,20,22). The number of nitrogens with zero attached hydrogens (tertiary/aromatic N) is 1. The molecule has 1 N–H and O–H groups in total. The Morgan fingerprint density at radius 1 is 1.15 bits per heavy atom. The van der Waals surface area contributed by atoms with Gasteiger partial charge in [0.05, 0.1) is 5.56 Å². The number of carbonyl (C=O) groups excluding carboxylic acids is 2. The molecule has 0 spiro atoms. The van der Waals surface area contributed by atoms with Crippen molar-refractivity contribution in [3.05, 3.63) is 65.2 Å². The molecule has 0 atom stereocenters. The third-order valence-electron chi connectivity index (χ3n) is 4.12. The van der Waals surface area contributed by atoms with Crippen LogP contribution < -0.4 is 5.32 Å². The van der Waals surface area contributed by atoms with E-state index in [0.29, 0.717) is 16.6 Å². The molecule has 27 heavy (non-hydrogen) atoms. The van der Waals surface area contributed by atoms with Crippen LogP contribution in [0.4, 0.5) is 0 Å². The lowest BCUT2D eigenvalue weighted by Gasteiger charge is -2.14. The van der Waals surface area contributed by atoms with Crippen molar-refractivity contribution in [2.24, 2.45) is 0 Å². The lowest BCUT2D eigenvalue weighted by molar-refractivity contribution is -0.120. The molecule has 2 aromatic rings. The Labute approximate surface area is 163 Å². The number of nitrogens with one attached hydrogen (secondary N) is 1. The first-order valence-corrected chi connectivity index (χ1v) is 11.0. The first-order valence-electron chi connectivity index (χ1n) is 8.45. The third-order valence-corrected chi connectivity index (χ3v) is 6.94. The molecule has 2 amide bonds. The fraction of sp³-hybridized carbons (Fsp3) is 0.263. The maximum absolute atomic E-state index is 12.4. The van der Waals surface area contributed by atoms with Gasteiger partial charge in [-0.3, -0.25) is 9.59 Å². The maximum Gasteiger partial charge on any atom is 0.269 e. The smallest absolute Gasteiger partial charge is 0.269 e. The number of aryl methyl sites for hydroxylation is 1. The van der Waals surface area contributed by atoms with E-state index in [1.165, 1.54) is 23.3 Å². The van der Waals surface area contributed by atoms with Gasteiger partial charge in [0.25, 0.3) is 15.9 Å². The van der Waals surface area contributed by atoms with E-state index in [4.69, 9.17) is 0 Å². The summed E-state index contributed by atoms with van der Waals surface area (Å²) in [5.41, 5.74) is 2.54. The van der Waals surface area contributed by atoms with Crippen molar-refractivity contribution in [1.82, 2.24) is 9.62 Å². The summed E-state index contributed by atoms with van der Waals surface area (Å²) in [5.74, 6) is 0.386. The van der Waals surface area contributed by atoms with Crippen molar-refractivity contribution in [2.45, 2.75) is 17.6 Å². The molecule has 0 unspecified atom stereocenters. The minimum absolute atomic E-state index is 0.0449. The average molecular weight is 405 g/mol. The zero-order valence-electron chi connectivity index (χ0n) is 14.8. The van der Waals surface area contributed by atoms with Crippen LogP contribution in [0.5, 0.6) is 0 Å². The second kappa shape index (κ2) is 8.14. The van der Waals surface area contributed by atoms with E-state index in [0.717, 1.165) is 5.75 Å². The summed E-state index contributed by atoms with van der Waals surface area (Å²) < 4.78 is 25.5. The summed E-state index contributed by atoms with van der Waals surface area (Å²) >= 11 is 1.68. The van der Waals surface area contributed by atoms with Gasteiger partial charge in [0.2, 0.25) is 5.91 Å². The third kappa shape index (κ3) is 4.33. The van der Waals surface area contributed by atoms with Crippen LogP contribution in [-0.2, 0) is 20.6 Å². The van der Waals surface area contributed by atoms with E-state index in [1.807, 2.05) is 19.1 Å². The summed E-state index contributed by atoms with van der Waals surface area (Å²) in [4.78, 5) is 24.3. The van der Waals surface area contributed by atoms with Crippen LogP contribution in [0.25, 0.3) is 0 Å². The van der Waals surface area contributed by atoms with Crippen LogP contribution in [0.1, 0.15) is 21.5 Å². The molecule has 2 aromatic carbocycles. The van der Waals surface area contributed by atoms with E-state index in [-0.39, 0.29) is 10.5 Å². The topological polar surface area (TPSA) is 83.6 Å². The van der Waals surface area contributed by atoms with Crippen molar-refractivity contribution in [2.75, 3.05) is 18.8 Å². The van der Waals surface area contributed by atoms with Crippen molar-refractivity contribution in [1.29, 1.82) is 0 Å². The number of sulfonamides is 1. The Kier molecular flexibility index (Phi) is 5.86. The van der Waals surface area contributed by atoms with Crippen LogP contribution in [0.15, 0.2) is 53.4 Å². The van der Waals surface area contributed by atoms with Crippen molar-refractivity contribution >= 4 is 33.6 Å². The van der Waals surface area contributed by atoms with Gasteiger partial charge < -0.3 is 5.32 Å². The molecule has 0 aliphatic carbocycles. The highest BCUT2D eigenvalue weighted by atomic mass is 32.2. The van der Waals surface area contributed by atoms with Crippen LogP contribution in [0, 0.1) is 6.92 Å². The van der Waals surface area contributed by atoms with Crippen molar-refractivity contribution < 1.29 is 18.0 Å². The van der Waals surface area contributed by atoms with Crippen LogP contribution in [0.3, 0.4) is 0 Å². The number of benzene rings is 2. The summed E-state index contributed by atoms with van der Waals surface area (Å²) in [6, 6.07) is 14.2. The van der Waals surface area contributed by atoms with Gasteiger partial charge in [0, 0.05) is 18.1 Å². The molecule has 3 rings (SSSR count). The SMILES string of the molecule is Cc1cccc(CSCCNC(=O)CN2C(=O)c3ccccc3S2(=O)=O)c1. The summed E-state index contributed by atoms with van der Waals surface area (Å²) in [6.07, 6.45) is 0. The van der Waals surface area contributed by atoms with E-state index in [1.54, 1.807) is 23.9 Å². The number of amides is 2. The molecule has 0 radical (unpaired) electrons. The molecule has 0 saturated heterocycles. The lowest BCUT2D eigenvalue weighted by atomic mass is 10.2. The lowest BCUT2D eigenvalue weighted by Crippen LogP contribution is -2.40. The Hall–Kier alpha value is -2.32. The van der Waals surface area contributed by atoms with Crippen LogP contribution >= 0.6 is 11.8 Å². The fourth-order valence-electron chi connectivity index (χ4n) is 2.83. The number of fused-ring (bicyclic) bond motifs is 1. The minimum atomic E-state index is -3.95. The van der Waals surface area contributed by atoms with Crippen LogP contribution in [-0.4, -0.2) is 43.4 Å². The molecule has 0 fully saturated rings. The van der Waals surface area contributed by atoms with Gasteiger partial charge in [0.1, 0.15) is 11.4 Å². The van der Waals surface area contributed by atoms with Gasteiger partial charge in [-0.25, -0.2) is 12.7 Å². The molecule has 0 aromatic heterocycles. The zero-order valence-corrected chi connectivity index (χ0v) is 16.5. The normalized spacial score (nSPS) is 14.9. The summed E-state index contributed by atoms with van der Waals surface area (Å²) in [6.45, 7) is 1.95. The molecule has 1 heterocycles. The number of hydrogen-bond donors (Lipinski definition) is 1. The number of hydrogen-bond acceptors (Lipinski definition) is 5. The first kappa shape index (κ1) is 19.4. The Bertz CT molecular complexity index is 973. The first-order chi connectivity index (χ1) is 12.9. The van der Waals surface area contributed by atoms with Gasteiger partial charge in [-0.15, -0.1) is 0 Å². The average Bonchev–Trinajstić information content (AvgIpc) is 2.83.